The fourth-order valence-corrected chi connectivity index (χ4v) is 4.06. The maximum absolute atomic E-state index is 9.28. The van der Waals surface area contributed by atoms with Crippen molar-refractivity contribution < 1.29 is 14.6 Å². The molecule has 0 aromatic heterocycles. The first-order valence-electron chi connectivity index (χ1n) is 7.38. The molecule has 4 nitrogen and oxygen atoms in total. The Morgan fingerprint density at radius 3 is 2.90 bits per heavy atom. The van der Waals surface area contributed by atoms with Crippen molar-refractivity contribution in [3.8, 4) is 5.75 Å². The molecule has 1 aromatic carbocycles. The van der Waals surface area contributed by atoms with Crippen LogP contribution >= 0.6 is 16.7 Å². The van der Waals surface area contributed by atoms with Crippen molar-refractivity contribution in [1.29, 1.82) is 0 Å². The third-order valence-electron chi connectivity index (χ3n) is 3.41. The van der Waals surface area contributed by atoms with E-state index in [9.17, 15) is 5.11 Å². The first-order valence-corrected chi connectivity index (χ1v) is 10.6. The van der Waals surface area contributed by atoms with Gasteiger partial charge < -0.3 is 14.6 Å². The summed E-state index contributed by atoms with van der Waals surface area (Å²) >= 11 is 0. The Balaban J connectivity index is 2.12. The Kier molecular flexibility index (Phi) is 7.36. The Bertz CT molecular complexity index is 441. The summed E-state index contributed by atoms with van der Waals surface area (Å²) in [7, 11) is 0.564. The number of benzene rings is 1. The summed E-state index contributed by atoms with van der Waals surface area (Å²) in [4.78, 5) is 0. The van der Waals surface area contributed by atoms with Gasteiger partial charge in [-0.2, -0.15) is 0 Å². The van der Waals surface area contributed by atoms with Crippen molar-refractivity contribution in [3.63, 3.8) is 0 Å². The molecule has 2 atom stereocenters. The van der Waals surface area contributed by atoms with Gasteiger partial charge in [-0.15, -0.1) is 0 Å². The van der Waals surface area contributed by atoms with E-state index < -0.39 is 0 Å². The molecule has 21 heavy (non-hydrogen) atoms. The Morgan fingerprint density at radius 2 is 2.29 bits per heavy atom. The highest BCUT2D eigenvalue weighted by Gasteiger charge is 2.25. The minimum absolute atomic E-state index is 0.0424. The van der Waals surface area contributed by atoms with E-state index in [-0.39, 0.29) is 20.6 Å². The first-order chi connectivity index (χ1) is 10.3. The summed E-state index contributed by atoms with van der Waals surface area (Å²) in [5.41, 5.74) is 1.25. The van der Waals surface area contributed by atoms with Gasteiger partial charge in [0.05, 0.1) is 19.3 Å². The van der Waals surface area contributed by atoms with Crippen LogP contribution in [-0.2, 0) is 11.2 Å². The SMILES string of the molecule is CPNCCCc1cccc(P2COC2)c1O[C@H](C)CO. The van der Waals surface area contributed by atoms with E-state index in [0.717, 1.165) is 46.6 Å². The fraction of sp³-hybridized carbons (Fsp3) is 0.600. The second kappa shape index (κ2) is 9.02. The molecule has 0 aliphatic carbocycles. The van der Waals surface area contributed by atoms with Gasteiger partial charge in [0.2, 0.25) is 0 Å². The second-order valence-corrected chi connectivity index (χ2v) is 8.09. The number of ether oxygens (including phenoxy) is 2. The second-order valence-electron chi connectivity index (χ2n) is 5.16. The third-order valence-corrected chi connectivity index (χ3v) is 6.04. The zero-order valence-corrected chi connectivity index (χ0v) is 14.7. The van der Waals surface area contributed by atoms with E-state index >= 15 is 0 Å². The lowest BCUT2D eigenvalue weighted by Gasteiger charge is -2.30. The van der Waals surface area contributed by atoms with Gasteiger partial charge in [-0.1, -0.05) is 26.9 Å². The Labute approximate surface area is 130 Å². The normalized spacial score (nSPS) is 17.1. The van der Waals surface area contributed by atoms with Crippen LogP contribution in [0.2, 0.25) is 0 Å². The predicted octanol–water partition coefficient (Wildman–Crippen LogP) is 2.24. The van der Waals surface area contributed by atoms with Gasteiger partial charge in [-0.05, 0) is 46.5 Å². The van der Waals surface area contributed by atoms with E-state index in [1.165, 1.54) is 10.9 Å². The van der Waals surface area contributed by atoms with Gasteiger partial charge >= 0.3 is 0 Å². The van der Waals surface area contributed by atoms with Gasteiger partial charge in [-0.3, -0.25) is 5.09 Å². The summed E-state index contributed by atoms with van der Waals surface area (Å²) in [6.45, 7) is 5.13. The number of aryl methyl sites for hydroxylation is 1. The molecule has 1 heterocycles. The van der Waals surface area contributed by atoms with E-state index in [4.69, 9.17) is 9.47 Å². The molecule has 1 fully saturated rings. The van der Waals surface area contributed by atoms with Crippen molar-refractivity contribution >= 4 is 22.0 Å². The van der Waals surface area contributed by atoms with Gasteiger partial charge in [0.15, 0.2) is 0 Å². The molecular formula is C15H25NO3P2. The lowest BCUT2D eigenvalue weighted by molar-refractivity contribution is 0.129. The topological polar surface area (TPSA) is 50.7 Å². The number of aliphatic hydroxyl groups excluding tert-OH is 1. The molecule has 0 radical (unpaired) electrons. The lowest BCUT2D eigenvalue weighted by Crippen LogP contribution is -2.25. The molecule has 1 saturated heterocycles. The average molecular weight is 329 g/mol. The maximum Gasteiger partial charge on any atom is 0.130 e. The van der Waals surface area contributed by atoms with Crippen molar-refractivity contribution in [3.05, 3.63) is 23.8 Å². The molecular weight excluding hydrogens is 304 g/mol. The minimum atomic E-state index is -0.230. The van der Waals surface area contributed by atoms with Crippen LogP contribution in [0.1, 0.15) is 18.9 Å². The average Bonchev–Trinajstić information content (AvgIpc) is 2.44. The molecule has 6 heteroatoms. The van der Waals surface area contributed by atoms with Crippen LogP contribution in [0, 0.1) is 0 Å². The van der Waals surface area contributed by atoms with Crippen LogP contribution in [0.4, 0.5) is 0 Å². The van der Waals surface area contributed by atoms with Gasteiger partial charge in [-0.25, -0.2) is 0 Å². The van der Waals surface area contributed by atoms with Crippen LogP contribution in [0.25, 0.3) is 0 Å². The summed E-state index contributed by atoms with van der Waals surface area (Å²) in [5, 5.41) is 14.0. The first kappa shape index (κ1) is 17.1. The van der Waals surface area contributed by atoms with E-state index in [2.05, 4.69) is 30.0 Å². The number of nitrogens with one attached hydrogen (secondary N) is 1. The van der Waals surface area contributed by atoms with E-state index in [0.29, 0.717) is 0 Å². The molecule has 0 spiro atoms. The highest BCUT2D eigenvalue weighted by molar-refractivity contribution is 7.66. The van der Waals surface area contributed by atoms with E-state index in [1.807, 2.05) is 6.92 Å². The van der Waals surface area contributed by atoms with Crippen molar-refractivity contribution in [2.45, 2.75) is 25.9 Å². The van der Waals surface area contributed by atoms with E-state index in [1.54, 1.807) is 0 Å². The molecule has 1 aromatic rings. The van der Waals surface area contributed by atoms with Crippen LogP contribution in [0.5, 0.6) is 5.75 Å². The highest BCUT2D eigenvalue weighted by atomic mass is 31.1. The summed E-state index contributed by atoms with van der Waals surface area (Å²) in [6, 6.07) is 6.42. The molecule has 1 aliphatic heterocycles. The zero-order chi connectivity index (χ0) is 15.1. The Morgan fingerprint density at radius 1 is 1.48 bits per heavy atom. The Hall–Kier alpha value is -0.240. The van der Waals surface area contributed by atoms with Gasteiger partial charge in [0.25, 0.3) is 0 Å². The highest BCUT2D eigenvalue weighted by Crippen LogP contribution is 2.46. The van der Waals surface area contributed by atoms with Crippen LogP contribution in [0.15, 0.2) is 18.2 Å². The number of rotatable bonds is 9. The number of para-hydroxylation sites is 1. The molecule has 1 unspecified atom stereocenters. The monoisotopic (exact) mass is 329 g/mol. The summed E-state index contributed by atoms with van der Waals surface area (Å²) < 4.78 is 11.4. The smallest absolute Gasteiger partial charge is 0.130 e. The van der Waals surface area contributed by atoms with Crippen molar-refractivity contribution in [2.24, 2.45) is 0 Å². The van der Waals surface area contributed by atoms with Gasteiger partial charge in [0, 0.05) is 5.30 Å². The summed E-state index contributed by atoms with van der Waals surface area (Å²) in [6.07, 6.45) is 3.60. The largest absolute Gasteiger partial charge is 0.487 e. The van der Waals surface area contributed by atoms with Crippen LogP contribution in [0.3, 0.4) is 0 Å². The molecule has 0 bridgehead atoms. The molecule has 2 rings (SSSR count). The molecule has 0 saturated carbocycles. The quantitative estimate of drug-likeness (QED) is 0.539. The fourth-order valence-electron chi connectivity index (χ4n) is 2.21. The molecule has 118 valence electrons. The standard InChI is InChI=1S/C15H25NO3P2/c1-12(9-17)19-15-13(6-4-8-16-20-2)5-3-7-14(15)21-10-18-11-21/h3,5,7,12,16-17,20H,4,6,8-11H2,1-2H3/t12-/m1/s1. The van der Waals surface area contributed by atoms with Crippen molar-refractivity contribution in [2.75, 3.05) is 32.5 Å². The molecule has 0 amide bonds. The number of hydrogen-bond acceptors (Lipinski definition) is 4. The maximum atomic E-state index is 9.28. The van der Waals surface area contributed by atoms with Crippen LogP contribution < -0.4 is 15.1 Å². The van der Waals surface area contributed by atoms with Crippen molar-refractivity contribution in [1.82, 2.24) is 5.09 Å². The van der Waals surface area contributed by atoms with Gasteiger partial charge in [0.1, 0.15) is 11.9 Å². The predicted molar refractivity (Wildman–Crippen MR) is 91.6 cm³/mol. The zero-order valence-electron chi connectivity index (χ0n) is 12.8. The molecule has 2 N–H and O–H groups in total. The number of aliphatic hydroxyl groups is 1. The van der Waals surface area contributed by atoms with Crippen LogP contribution in [-0.4, -0.2) is 43.7 Å². The molecule has 1 aliphatic rings. The third kappa shape index (κ3) is 4.87. The summed E-state index contributed by atoms with van der Waals surface area (Å²) in [5.74, 6) is 0.993. The lowest BCUT2D eigenvalue weighted by atomic mass is 10.1. The minimum Gasteiger partial charge on any atom is -0.487 e. The number of hydrogen-bond donors (Lipinski definition) is 2.